The van der Waals surface area contributed by atoms with E-state index in [9.17, 15) is 14.4 Å². The molecular formula is C72H118O6. The SMILES string of the molecule is CC/C=C\C/C=C\C/C=C\C/C=C\C/C=C\C/C=C\CCCCCCC(=O)OCC(COC(=O)C/C=C\C/C=C\C/C=C\C/C=C\C/C=C\CC)OC(=O)CCCCCCCCCCCCCCCCCCCCCCCC. The summed E-state index contributed by atoms with van der Waals surface area (Å²) in [6.07, 6.45) is 92.0. The summed E-state index contributed by atoms with van der Waals surface area (Å²) >= 11 is 0. The number of hydrogen-bond donors (Lipinski definition) is 0. The van der Waals surface area contributed by atoms with Crippen LogP contribution in [0.1, 0.15) is 284 Å². The highest BCUT2D eigenvalue weighted by Crippen LogP contribution is 2.16. The van der Waals surface area contributed by atoms with E-state index >= 15 is 0 Å². The van der Waals surface area contributed by atoms with E-state index in [2.05, 4.69) is 142 Å². The first-order valence-corrected chi connectivity index (χ1v) is 32.2. The van der Waals surface area contributed by atoms with Crippen molar-refractivity contribution in [3.05, 3.63) is 134 Å². The molecule has 0 spiro atoms. The van der Waals surface area contributed by atoms with Gasteiger partial charge in [0.05, 0.1) is 6.42 Å². The van der Waals surface area contributed by atoms with Crippen molar-refractivity contribution in [1.29, 1.82) is 0 Å². The average Bonchev–Trinajstić information content (AvgIpc) is 3.44. The molecule has 0 fully saturated rings. The van der Waals surface area contributed by atoms with Crippen LogP contribution in [0.3, 0.4) is 0 Å². The van der Waals surface area contributed by atoms with Crippen molar-refractivity contribution in [2.24, 2.45) is 0 Å². The number of rotatable bonds is 57. The largest absolute Gasteiger partial charge is 0.462 e. The summed E-state index contributed by atoms with van der Waals surface area (Å²) in [5.74, 6) is -1.07. The van der Waals surface area contributed by atoms with Crippen LogP contribution < -0.4 is 0 Å². The summed E-state index contributed by atoms with van der Waals surface area (Å²) in [6.45, 7) is 6.32. The maximum Gasteiger partial charge on any atom is 0.309 e. The normalized spacial score (nSPS) is 13.0. The Morgan fingerprint density at radius 3 is 0.897 bits per heavy atom. The van der Waals surface area contributed by atoms with Crippen LogP contribution in [0.4, 0.5) is 0 Å². The van der Waals surface area contributed by atoms with Gasteiger partial charge in [0.2, 0.25) is 0 Å². The third-order valence-electron chi connectivity index (χ3n) is 13.4. The summed E-state index contributed by atoms with van der Waals surface area (Å²) < 4.78 is 16.8. The molecule has 1 unspecified atom stereocenters. The van der Waals surface area contributed by atoms with Crippen LogP contribution in [0.25, 0.3) is 0 Å². The number of ether oxygens (including phenoxy) is 3. The zero-order valence-corrected chi connectivity index (χ0v) is 50.6. The Hall–Kier alpha value is -4.45. The Balaban J connectivity index is 4.48. The molecule has 0 N–H and O–H groups in total. The second kappa shape index (κ2) is 65.1. The number of carbonyl (C=O) groups excluding carboxylic acids is 3. The van der Waals surface area contributed by atoms with E-state index in [1.54, 1.807) is 6.08 Å². The number of esters is 3. The van der Waals surface area contributed by atoms with Gasteiger partial charge < -0.3 is 14.2 Å². The molecule has 0 saturated heterocycles. The van der Waals surface area contributed by atoms with Gasteiger partial charge in [-0.2, -0.15) is 0 Å². The van der Waals surface area contributed by atoms with Crippen molar-refractivity contribution in [1.82, 2.24) is 0 Å². The first-order chi connectivity index (χ1) is 38.5. The van der Waals surface area contributed by atoms with Gasteiger partial charge in [0.25, 0.3) is 0 Å². The van der Waals surface area contributed by atoms with Crippen molar-refractivity contribution >= 4 is 17.9 Å². The molecule has 0 aromatic rings. The minimum atomic E-state index is -0.833. The van der Waals surface area contributed by atoms with E-state index < -0.39 is 12.1 Å². The highest BCUT2D eigenvalue weighted by molar-refractivity contribution is 5.72. The predicted octanol–water partition coefficient (Wildman–Crippen LogP) is 22.2. The zero-order valence-electron chi connectivity index (χ0n) is 50.6. The van der Waals surface area contributed by atoms with Gasteiger partial charge in [0, 0.05) is 12.8 Å². The molecule has 0 aromatic heterocycles. The van der Waals surface area contributed by atoms with Crippen LogP contribution >= 0.6 is 0 Å². The maximum atomic E-state index is 12.9. The van der Waals surface area contributed by atoms with E-state index in [1.165, 1.54) is 122 Å². The van der Waals surface area contributed by atoms with Crippen molar-refractivity contribution in [2.45, 2.75) is 290 Å². The summed E-state index contributed by atoms with van der Waals surface area (Å²) in [5, 5.41) is 0. The summed E-state index contributed by atoms with van der Waals surface area (Å²) in [6, 6.07) is 0. The van der Waals surface area contributed by atoms with Gasteiger partial charge >= 0.3 is 17.9 Å². The van der Waals surface area contributed by atoms with Gasteiger partial charge in [0.15, 0.2) is 6.10 Å². The predicted molar refractivity (Wildman–Crippen MR) is 339 cm³/mol. The van der Waals surface area contributed by atoms with Crippen LogP contribution in [-0.2, 0) is 28.6 Å². The van der Waals surface area contributed by atoms with Gasteiger partial charge in [-0.05, 0) is 96.3 Å². The second-order valence-electron chi connectivity index (χ2n) is 20.9. The molecule has 0 aliphatic carbocycles. The lowest BCUT2D eigenvalue weighted by Crippen LogP contribution is -2.30. The first kappa shape index (κ1) is 73.5. The zero-order chi connectivity index (χ0) is 56.4. The molecule has 0 aliphatic heterocycles. The van der Waals surface area contributed by atoms with Crippen LogP contribution in [0.15, 0.2) is 134 Å². The van der Waals surface area contributed by atoms with Crippen LogP contribution in [0, 0.1) is 0 Å². The third kappa shape index (κ3) is 62.4. The Morgan fingerprint density at radius 2 is 0.551 bits per heavy atom. The highest BCUT2D eigenvalue weighted by Gasteiger charge is 2.19. The molecule has 0 amide bonds. The van der Waals surface area contributed by atoms with E-state index in [-0.39, 0.29) is 31.6 Å². The van der Waals surface area contributed by atoms with Crippen molar-refractivity contribution in [3.63, 3.8) is 0 Å². The van der Waals surface area contributed by atoms with E-state index in [1.807, 2.05) is 6.08 Å². The van der Waals surface area contributed by atoms with Gasteiger partial charge in [-0.15, -0.1) is 0 Å². The number of hydrogen-bond acceptors (Lipinski definition) is 6. The van der Waals surface area contributed by atoms with Crippen molar-refractivity contribution < 1.29 is 28.6 Å². The molecule has 6 heteroatoms. The molecule has 0 saturated carbocycles. The van der Waals surface area contributed by atoms with Crippen LogP contribution in [0.2, 0.25) is 0 Å². The van der Waals surface area contributed by atoms with Gasteiger partial charge in [-0.25, -0.2) is 0 Å². The summed E-state index contributed by atoms with van der Waals surface area (Å²) in [5.41, 5.74) is 0. The van der Waals surface area contributed by atoms with Gasteiger partial charge in [0.1, 0.15) is 13.2 Å². The Labute approximate surface area is 481 Å². The molecule has 6 nitrogen and oxygen atoms in total. The molecule has 0 aliphatic rings. The summed E-state index contributed by atoms with van der Waals surface area (Å²) in [7, 11) is 0. The Kier molecular flexibility index (Phi) is 61.4. The third-order valence-corrected chi connectivity index (χ3v) is 13.4. The smallest absolute Gasteiger partial charge is 0.309 e. The number of unbranched alkanes of at least 4 members (excludes halogenated alkanes) is 25. The molecule has 0 aromatic carbocycles. The van der Waals surface area contributed by atoms with Gasteiger partial charge in [-0.3, -0.25) is 14.4 Å². The number of carbonyl (C=O) groups is 3. The maximum absolute atomic E-state index is 12.9. The number of allylic oxidation sites excluding steroid dienone is 21. The lowest BCUT2D eigenvalue weighted by molar-refractivity contribution is -0.166. The topological polar surface area (TPSA) is 78.9 Å². The van der Waals surface area contributed by atoms with Crippen molar-refractivity contribution in [2.75, 3.05) is 13.2 Å². The average molecular weight is 1080 g/mol. The fraction of sp³-hybridized carbons (Fsp3) is 0.653. The van der Waals surface area contributed by atoms with Gasteiger partial charge in [-0.1, -0.05) is 302 Å². The first-order valence-electron chi connectivity index (χ1n) is 32.2. The molecule has 442 valence electrons. The molecule has 78 heavy (non-hydrogen) atoms. The van der Waals surface area contributed by atoms with Crippen molar-refractivity contribution in [3.8, 4) is 0 Å². The molecule has 0 heterocycles. The molecule has 1 atom stereocenters. The minimum Gasteiger partial charge on any atom is -0.462 e. The quantitative estimate of drug-likeness (QED) is 0.0261. The summed E-state index contributed by atoms with van der Waals surface area (Å²) in [4.78, 5) is 38.3. The fourth-order valence-electron chi connectivity index (χ4n) is 8.70. The lowest BCUT2D eigenvalue weighted by Gasteiger charge is -2.18. The molecule has 0 rings (SSSR count). The molecular weight excluding hydrogens is 961 g/mol. The van der Waals surface area contributed by atoms with Crippen LogP contribution in [-0.4, -0.2) is 37.2 Å². The van der Waals surface area contributed by atoms with E-state index in [0.717, 1.165) is 122 Å². The monoisotopic (exact) mass is 1080 g/mol. The molecule has 0 radical (unpaired) electrons. The standard InChI is InChI=1S/C72H118O6/c1-4-7-10-13-16-19-22-25-28-30-32-34-36-38-39-41-44-47-50-53-56-59-62-65-71(74)77-68-69(67-76-70(73)64-61-58-55-52-49-46-43-27-24-21-18-15-12-9-6-3)78-72(75)66-63-60-57-54-51-48-45-42-40-37-35-33-31-29-26-23-20-17-14-11-8-5-2/h7,9-10,12,16,18-19,21,25,27-28,32,34,38-39,43-44,47,49,52,58,61,69H,4-6,8,11,13-15,17,20,22-24,26,29-31,33,35-37,40-42,45-46,48,50-51,53-57,59-60,62-68H2,1-3H3/b10-7-,12-9-,19-16-,21-18-,28-25-,34-32-,39-38-,43-27-,47-44-,52-49-,61-58-. The lowest BCUT2D eigenvalue weighted by atomic mass is 10.0. The highest BCUT2D eigenvalue weighted by atomic mass is 16.6. The minimum absolute atomic E-state index is 0.119. The van der Waals surface area contributed by atoms with E-state index in [0.29, 0.717) is 12.8 Å². The Morgan fingerprint density at radius 1 is 0.282 bits per heavy atom. The Bertz CT molecular complexity index is 1670. The molecule has 0 bridgehead atoms. The van der Waals surface area contributed by atoms with E-state index in [4.69, 9.17) is 14.2 Å². The van der Waals surface area contributed by atoms with Crippen LogP contribution in [0.5, 0.6) is 0 Å². The fourth-order valence-corrected chi connectivity index (χ4v) is 8.70. The second-order valence-corrected chi connectivity index (χ2v) is 20.9.